The maximum Gasteiger partial charge on any atom is 0.306 e. The highest BCUT2D eigenvalue weighted by molar-refractivity contribution is 7.86. The lowest BCUT2D eigenvalue weighted by molar-refractivity contribution is -0.134. The average molecular weight is 829 g/mol. The lowest BCUT2D eigenvalue weighted by atomic mass is 9.86. The number of hydrogen-bond acceptors (Lipinski definition) is 9. The van der Waals surface area contributed by atoms with Gasteiger partial charge in [-0.3, -0.25) is 19.2 Å². The Balaban J connectivity index is 1.53. The first-order chi connectivity index (χ1) is 28.1. The summed E-state index contributed by atoms with van der Waals surface area (Å²) in [6, 6.07) is 30.0. The summed E-state index contributed by atoms with van der Waals surface area (Å²) in [7, 11) is -4.04. The zero-order valence-corrected chi connectivity index (χ0v) is 35.0. The van der Waals surface area contributed by atoms with Crippen molar-refractivity contribution in [2.45, 2.75) is 71.9 Å². The van der Waals surface area contributed by atoms with E-state index < -0.39 is 51.9 Å². The molecule has 13 nitrogen and oxygen atoms in total. The molecule has 0 spiro atoms. The first kappa shape index (κ1) is 46.1. The largest absolute Gasteiger partial charge is 0.391 e. The molecule has 0 saturated carbocycles. The molecule has 4 rings (SSSR count). The van der Waals surface area contributed by atoms with Gasteiger partial charge >= 0.3 is 10.1 Å². The van der Waals surface area contributed by atoms with Crippen molar-refractivity contribution in [2.75, 3.05) is 19.4 Å². The molecule has 14 heteroatoms. The number of rotatable bonds is 22. The molecule has 0 aromatic heterocycles. The molecule has 316 valence electrons. The molecule has 4 unspecified atom stereocenters. The summed E-state index contributed by atoms with van der Waals surface area (Å²) in [5, 5.41) is 23.1. The summed E-state index contributed by atoms with van der Waals surface area (Å²) < 4.78 is 35.3. The Hall–Kier alpha value is -5.57. The van der Waals surface area contributed by atoms with Crippen molar-refractivity contribution in [3.05, 3.63) is 137 Å². The van der Waals surface area contributed by atoms with Gasteiger partial charge < -0.3 is 35.3 Å². The summed E-state index contributed by atoms with van der Waals surface area (Å²) in [4.78, 5) is 54.4. The molecule has 0 saturated heterocycles. The predicted octanol–water partition coefficient (Wildman–Crippen LogP) is 4.79. The van der Waals surface area contributed by atoms with Gasteiger partial charge in [0, 0.05) is 30.1 Å². The second-order valence-corrected chi connectivity index (χ2v) is 16.8. The van der Waals surface area contributed by atoms with Crippen molar-refractivity contribution in [1.29, 1.82) is 0 Å². The summed E-state index contributed by atoms with van der Waals surface area (Å²) in [5.74, 6) is -3.65. The summed E-state index contributed by atoms with van der Waals surface area (Å²) in [6.45, 7) is 7.88. The summed E-state index contributed by atoms with van der Waals surface area (Å²) in [5.41, 5.74) is 2.63. The summed E-state index contributed by atoms with van der Waals surface area (Å²) in [6.07, 6.45) is -0.0472. The molecule has 59 heavy (non-hydrogen) atoms. The highest BCUT2D eigenvalue weighted by atomic mass is 32.2. The fourth-order valence-electron chi connectivity index (χ4n) is 6.33. The minimum atomic E-state index is -4.04. The number of carbonyl (C=O) groups is 4. The first-order valence-corrected chi connectivity index (χ1v) is 21.5. The molecule has 0 aliphatic carbocycles. The first-order valence-electron chi connectivity index (χ1n) is 19.7. The average Bonchev–Trinajstić information content (AvgIpc) is 3.20. The minimum absolute atomic E-state index is 0.0224. The third-order valence-electron chi connectivity index (χ3n) is 9.60. The number of nitrogens with one attached hydrogen (secondary N) is 4. The zero-order valence-electron chi connectivity index (χ0n) is 34.2. The highest BCUT2D eigenvalue weighted by Crippen LogP contribution is 2.23. The Labute approximate surface area is 347 Å². The smallest absolute Gasteiger partial charge is 0.306 e. The van der Waals surface area contributed by atoms with Gasteiger partial charge in [-0.25, -0.2) is 0 Å². The van der Waals surface area contributed by atoms with Gasteiger partial charge in [0.25, 0.3) is 11.8 Å². The second-order valence-electron chi connectivity index (χ2n) is 15.2. The fourth-order valence-corrected chi connectivity index (χ4v) is 6.77. The van der Waals surface area contributed by atoms with Crippen LogP contribution in [0.25, 0.3) is 0 Å². The molecule has 0 fully saturated rings. The minimum Gasteiger partial charge on any atom is -0.391 e. The maximum atomic E-state index is 14.0. The number of aliphatic hydroxyl groups is 1. The molecule has 4 aromatic rings. The Morgan fingerprint density at radius 2 is 1.24 bits per heavy atom. The van der Waals surface area contributed by atoms with Gasteiger partial charge in [0.1, 0.15) is 11.8 Å². The molecule has 0 heterocycles. The number of hydrogen-bond donors (Lipinski definition) is 5. The van der Waals surface area contributed by atoms with Gasteiger partial charge in [0.05, 0.1) is 31.6 Å². The Morgan fingerprint density at radius 3 is 1.80 bits per heavy atom. The third-order valence-corrected chi connectivity index (χ3v) is 10.1. The van der Waals surface area contributed by atoms with Crippen molar-refractivity contribution in [1.82, 2.24) is 21.3 Å². The SMILES string of the molecule is CC(C)C(CC(O)C(COCc1ccccc1)NC(=O)c1cc(OS(C)(=O)=O)cc(C(=O)NCCc2ccccc2)c1)C(=O)NC(C(=O)NCc1ccccc1)C(C)C. The van der Waals surface area contributed by atoms with E-state index in [-0.39, 0.29) is 60.8 Å². The molecule has 0 bridgehead atoms. The van der Waals surface area contributed by atoms with Crippen LogP contribution in [0.15, 0.2) is 109 Å². The van der Waals surface area contributed by atoms with E-state index in [4.69, 9.17) is 8.92 Å². The van der Waals surface area contributed by atoms with E-state index >= 15 is 0 Å². The van der Waals surface area contributed by atoms with Gasteiger partial charge in [0.15, 0.2) is 0 Å². The van der Waals surface area contributed by atoms with Crippen molar-refractivity contribution in [3.8, 4) is 5.75 Å². The van der Waals surface area contributed by atoms with E-state index in [0.717, 1.165) is 22.9 Å². The molecule has 4 amide bonds. The molecule has 0 radical (unpaired) electrons. The zero-order chi connectivity index (χ0) is 43.0. The Bertz CT molecular complexity index is 2080. The number of aliphatic hydroxyl groups excluding tert-OH is 1. The van der Waals surface area contributed by atoms with E-state index in [9.17, 15) is 32.7 Å². The molecule has 5 N–H and O–H groups in total. The van der Waals surface area contributed by atoms with E-state index in [1.165, 1.54) is 18.2 Å². The van der Waals surface area contributed by atoms with E-state index in [1.54, 1.807) is 0 Å². The van der Waals surface area contributed by atoms with Crippen LogP contribution in [-0.4, -0.2) is 74.7 Å². The van der Waals surface area contributed by atoms with Gasteiger partial charge in [-0.1, -0.05) is 119 Å². The topological polar surface area (TPSA) is 189 Å². The Morgan fingerprint density at radius 1 is 0.678 bits per heavy atom. The molecule has 4 atom stereocenters. The van der Waals surface area contributed by atoms with Crippen LogP contribution in [0.2, 0.25) is 0 Å². The highest BCUT2D eigenvalue weighted by Gasteiger charge is 2.34. The van der Waals surface area contributed by atoms with Crippen LogP contribution in [0.1, 0.15) is 71.5 Å². The lowest BCUT2D eigenvalue weighted by Gasteiger charge is -2.30. The van der Waals surface area contributed by atoms with E-state index in [0.29, 0.717) is 13.0 Å². The van der Waals surface area contributed by atoms with Crippen molar-refractivity contribution >= 4 is 33.7 Å². The number of carbonyl (C=O) groups excluding carboxylic acids is 4. The number of ether oxygens (including phenoxy) is 1. The molecular formula is C45H56N4O9S. The molecule has 0 aliphatic rings. The molecule has 0 aliphatic heterocycles. The van der Waals surface area contributed by atoms with E-state index in [2.05, 4.69) is 21.3 Å². The predicted molar refractivity (Wildman–Crippen MR) is 226 cm³/mol. The molecule has 4 aromatic carbocycles. The standard InChI is InChI=1S/C45H56N4O9S/c1-30(2)38(44(53)49-41(31(3)4)45(54)47-27-33-17-11-7-12-18-33)26-40(50)39(29-57-28-34-19-13-8-14-20-34)48-43(52)36-23-35(24-37(25-36)58-59(5,55)56)42(51)46-22-21-32-15-9-6-10-16-32/h6-20,23-25,30-31,38-41,50H,21-22,26-29H2,1-5H3,(H,46,51)(H,47,54)(H,48,52)(H,49,53). The Kier molecular flexibility index (Phi) is 17.6. The quantitative estimate of drug-likeness (QED) is 0.0694. The van der Waals surface area contributed by atoms with Gasteiger partial charge in [-0.2, -0.15) is 8.42 Å². The van der Waals surface area contributed by atoms with Crippen molar-refractivity contribution in [3.63, 3.8) is 0 Å². The normalized spacial score (nSPS) is 13.5. The molecular weight excluding hydrogens is 773 g/mol. The lowest BCUT2D eigenvalue weighted by Crippen LogP contribution is -2.53. The van der Waals surface area contributed by atoms with Crippen LogP contribution >= 0.6 is 0 Å². The number of benzene rings is 4. The van der Waals surface area contributed by atoms with Crippen molar-refractivity contribution in [2.24, 2.45) is 17.8 Å². The van der Waals surface area contributed by atoms with E-state index in [1.807, 2.05) is 119 Å². The maximum absolute atomic E-state index is 14.0. The summed E-state index contributed by atoms with van der Waals surface area (Å²) >= 11 is 0. The second kappa shape index (κ2) is 22.5. The van der Waals surface area contributed by atoms with Gasteiger partial charge in [0.2, 0.25) is 11.8 Å². The van der Waals surface area contributed by atoms with Gasteiger partial charge in [-0.05, 0) is 59.6 Å². The fraction of sp³-hybridized carbons (Fsp3) is 0.378. The van der Waals surface area contributed by atoms with Gasteiger partial charge in [-0.15, -0.1) is 0 Å². The van der Waals surface area contributed by atoms with Crippen LogP contribution in [-0.2, 0) is 44.0 Å². The monoisotopic (exact) mass is 828 g/mol. The number of amides is 4. The van der Waals surface area contributed by atoms with Crippen molar-refractivity contribution < 1.29 is 41.6 Å². The third kappa shape index (κ3) is 15.6. The van der Waals surface area contributed by atoms with Crippen LogP contribution in [0.5, 0.6) is 5.75 Å². The van der Waals surface area contributed by atoms with Crippen LogP contribution in [0.3, 0.4) is 0 Å². The van der Waals surface area contributed by atoms with Crippen LogP contribution in [0.4, 0.5) is 0 Å². The van der Waals surface area contributed by atoms with Crippen LogP contribution in [0, 0.1) is 17.8 Å². The van der Waals surface area contributed by atoms with Crippen LogP contribution < -0.4 is 25.5 Å².